The van der Waals surface area contributed by atoms with Crippen molar-refractivity contribution in [1.82, 2.24) is 4.90 Å². The summed E-state index contributed by atoms with van der Waals surface area (Å²) in [6.07, 6.45) is 0.544. The predicted molar refractivity (Wildman–Crippen MR) is 66.2 cm³/mol. The van der Waals surface area contributed by atoms with Crippen molar-refractivity contribution >= 4 is 5.97 Å². The van der Waals surface area contributed by atoms with E-state index in [0.717, 1.165) is 0 Å². The quantitative estimate of drug-likeness (QED) is 0.809. The summed E-state index contributed by atoms with van der Waals surface area (Å²) in [5, 5.41) is 8.97. The van der Waals surface area contributed by atoms with E-state index >= 15 is 0 Å². The topological polar surface area (TPSA) is 49.8 Å². The molecule has 18 heavy (non-hydrogen) atoms. The number of halogens is 1. The van der Waals surface area contributed by atoms with Gasteiger partial charge in [-0.1, -0.05) is 6.92 Å². The van der Waals surface area contributed by atoms with Gasteiger partial charge in [0.2, 0.25) is 0 Å². The number of carboxylic acid groups (broad SMARTS) is 1. The fourth-order valence-corrected chi connectivity index (χ4v) is 1.67. The molecule has 4 nitrogen and oxygen atoms in total. The van der Waals surface area contributed by atoms with Crippen LogP contribution in [0.5, 0.6) is 5.75 Å². The Hall–Kier alpha value is -1.62. The predicted octanol–water partition coefficient (Wildman–Crippen LogP) is 2.00. The molecular weight excluding hydrogens is 237 g/mol. The Morgan fingerprint density at radius 2 is 2.06 bits per heavy atom. The monoisotopic (exact) mass is 255 g/mol. The molecule has 1 aromatic carbocycles. The van der Waals surface area contributed by atoms with Crippen LogP contribution in [-0.4, -0.2) is 42.2 Å². The second kappa shape index (κ2) is 6.96. The summed E-state index contributed by atoms with van der Waals surface area (Å²) in [7, 11) is 1.75. The minimum Gasteiger partial charge on any atom is -0.492 e. The van der Waals surface area contributed by atoms with Gasteiger partial charge in [0.15, 0.2) is 0 Å². The van der Waals surface area contributed by atoms with Crippen molar-refractivity contribution in [1.29, 1.82) is 0 Å². The van der Waals surface area contributed by atoms with Gasteiger partial charge in [-0.05, 0) is 37.7 Å². The van der Waals surface area contributed by atoms with E-state index in [9.17, 15) is 9.18 Å². The molecule has 0 saturated carbocycles. The normalized spacial score (nSPS) is 12.4. The zero-order chi connectivity index (χ0) is 13.5. The second-order valence-electron chi connectivity index (χ2n) is 4.05. The molecule has 5 heteroatoms. The van der Waals surface area contributed by atoms with Crippen LogP contribution < -0.4 is 4.74 Å². The van der Waals surface area contributed by atoms with Gasteiger partial charge < -0.3 is 9.84 Å². The molecule has 0 heterocycles. The van der Waals surface area contributed by atoms with Crippen LogP contribution in [0.1, 0.15) is 13.3 Å². The van der Waals surface area contributed by atoms with Gasteiger partial charge in [-0.15, -0.1) is 0 Å². The fourth-order valence-electron chi connectivity index (χ4n) is 1.67. The smallest absolute Gasteiger partial charge is 0.320 e. The maximum atomic E-state index is 12.6. The van der Waals surface area contributed by atoms with Crippen LogP contribution in [0.25, 0.3) is 0 Å². The minimum absolute atomic E-state index is 0.309. The van der Waals surface area contributed by atoms with E-state index in [0.29, 0.717) is 25.3 Å². The van der Waals surface area contributed by atoms with Crippen molar-refractivity contribution in [3.05, 3.63) is 30.1 Å². The number of nitrogens with zero attached hydrogens (tertiary/aromatic N) is 1. The van der Waals surface area contributed by atoms with E-state index in [1.165, 1.54) is 12.1 Å². The summed E-state index contributed by atoms with van der Waals surface area (Å²) in [5.41, 5.74) is 0. The third-order valence-electron chi connectivity index (χ3n) is 2.73. The lowest BCUT2D eigenvalue weighted by Gasteiger charge is -2.23. The second-order valence-corrected chi connectivity index (χ2v) is 4.05. The van der Waals surface area contributed by atoms with E-state index in [1.807, 2.05) is 6.92 Å². The lowest BCUT2D eigenvalue weighted by atomic mass is 10.2. The van der Waals surface area contributed by atoms with Gasteiger partial charge in [0.05, 0.1) is 0 Å². The first-order valence-electron chi connectivity index (χ1n) is 5.86. The third-order valence-corrected chi connectivity index (χ3v) is 2.73. The van der Waals surface area contributed by atoms with Crippen LogP contribution >= 0.6 is 0 Å². The van der Waals surface area contributed by atoms with Gasteiger partial charge in [0.1, 0.15) is 24.2 Å². The van der Waals surface area contributed by atoms with Gasteiger partial charge in [-0.25, -0.2) is 4.39 Å². The molecule has 1 aromatic rings. The molecule has 0 amide bonds. The van der Waals surface area contributed by atoms with Gasteiger partial charge in [0, 0.05) is 6.54 Å². The van der Waals surface area contributed by atoms with Crippen LogP contribution in [0.2, 0.25) is 0 Å². The van der Waals surface area contributed by atoms with Crippen LogP contribution in [0.3, 0.4) is 0 Å². The van der Waals surface area contributed by atoms with Crippen LogP contribution in [-0.2, 0) is 4.79 Å². The third kappa shape index (κ3) is 4.33. The summed E-state index contributed by atoms with van der Waals surface area (Å²) in [4.78, 5) is 12.6. The van der Waals surface area contributed by atoms with Crippen molar-refractivity contribution in [2.45, 2.75) is 19.4 Å². The molecule has 100 valence electrons. The summed E-state index contributed by atoms with van der Waals surface area (Å²) >= 11 is 0. The fraction of sp³-hybridized carbons (Fsp3) is 0.462. The summed E-state index contributed by atoms with van der Waals surface area (Å²) in [6, 6.07) is 5.24. The number of carboxylic acids is 1. The Morgan fingerprint density at radius 1 is 1.44 bits per heavy atom. The van der Waals surface area contributed by atoms with E-state index in [1.54, 1.807) is 24.1 Å². The number of likely N-dealkylation sites (N-methyl/N-ethyl adjacent to an activating group) is 1. The maximum Gasteiger partial charge on any atom is 0.320 e. The lowest BCUT2D eigenvalue weighted by molar-refractivity contribution is -0.143. The van der Waals surface area contributed by atoms with Gasteiger partial charge in [-0.2, -0.15) is 0 Å². The molecular formula is C13H18FNO3. The molecule has 0 aliphatic heterocycles. The number of benzene rings is 1. The van der Waals surface area contributed by atoms with E-state index in [4.69, 9.17) is 9.84 Å². The number of ether oxygens (including phenoxy) is 1. The first-order chi connectivity index (χ1) is 8.54. The maximum absolute atomic E-state index is 12.6. The Balaban J connectivity index is 2.37. The highest BCUT2D eigenvalue weighted by Gasteiger charge is 2.19. The Kier molecular flexibility index (Phi) is 5.58. The van der Waals surface area contributed by atoms with Crippen LogP contribution in [0.4, 0.5) is 4.39 Å². The number of rotatable bonds is 7. The molecule has 0 fully saturated rings. The highest BCUT2D eigenvalue weighted by Crippen LogP contribution is 2.11. The van der Waals surface area contributed by atoms with Crippen molar-refractivity contribution < 1.29 is 19.0 Å². The van der Waals surface area contributed by atoms with Crippen LogP contribution in [0.15, 0.2) is 24.3 Å². The number of carbonyl (C=O) groups is 1. The van der Waals surface area contributed by atoms with Gasteiger partial charge in [-0.3, -0.25) is 9.69 Å². The molecule has 0 saturated heterocycles. The van der Waals surface area contributed by atoms with Gasteiger partial charge in [0.25, 0.3) is 0 Å². The zero-order valence-electron chi connectivity index (χ0n) is 10.6. The molecule has 1 N–H and O–H groups in total. The molecule has 0 spiro atoms. The molecule has 0 radical (unpaired) electrons. The average molecular weight is 255 g/mol. The molecule has 1 atom stereocenters. The lowest BCUT2D eigenvalue weighted by Crippen LogP contribution is -2.40. The molecule has 0 aromatic heterocycles. The first kappa shape index (κ1) is 14.4. The van der Waals surface area contributed by atoms with E-state index in [-0.39, 0.29) is 5.82 Å². The Labute approximate surface area is 106 Å². The summed E-state index contributed by atoms with van der Waals surface area (Å²) in [6.45, 7) is 2.70. The highest BCUT2D eigenvalue weighted by atomic mass is 19.1. The molecule has 1 rings (SSSR count). The molecule has 0 aliphatic carbocycles. The number of hydrogen-bond donors (Lipinski definition) is 1. The first-order valence-corrected chi connectivity index (χ1v) is 5.86. The number of hydrogen-bond acceptors (Lipinski definition) is 3. The molecule has 0 aliphatic rings. The average Bonchev–Trinajstić information content (AvgIpc) is 2.32. The SMILES string of the molecule is CCC(C(=O)O)N(C)CCOc1ccc(F)cc1. The Bertz CT molecular complexity index is 380. The number of aliphatic carboxylic acids is 1. The standard InChI is InChI=1S/C13H18FNO3/c1-3-12(13(16)17)15(2)8-9-18-11-6-4-10(14)5-7-11/h4-7,12H,3,8-9H2,1-2H3,(H,16,17). The molecule has 0 bridgehead atoms. The summed E-state index contributed by atoms with van der Waals surface area (Å²) in [5.74, 6) is -0.564. The van der Waals surface area contributed by atoms with Crippen molar-refractivity contribution in [2.75, 3.05) is 20.2 Å². The van der Waals surface area contributed by atoms with E-state index in [2.05, 4.69) is 0 Å². The van der Waals surface area contributed by atoms with Crippen molar-refractivity contribution in [3.8, 4) is 5.75 Å². The van der Waals surface area contributed by atoms with Crippen LogP contribution in [0, 0.1) is 5.82 Å². The van der Waals surface area contributed by atoms with E-state index < -0.39 is 12.0 Å². The van der Waals surface area contributed by atoms with Crippen molar-refractivity contribution in [3.63, 3.8) is 0 Å². The van der Waals surface area contributed by atoms with Gasteiger partial charge >= 0.3 is 5.97 Å². The summed E-state index contributed by atoms with van der Waals surface area (Å²) < 4.78 is 18.1. The zero-order valence-corrected chi connectivity index (χ0v) is 10.6. The highest BCUT2D eigenvalue weighted by molar-refractivity contribution is 5.73. The molecule has 1 unspecified atom stereocenters. The Morgan fingerprint density at radius 3 is 2.56 bits per heavy atom. The minimum atomic E-state index is -0.832. The largest absolute Gasteiger partial charge is 0.492 e. The van der Waals surface area contributed by atoms with Crippen molar-refractivity contribution in [2.24, 2.45) is 0 Å².